The van der Waals surface area contributed by atoms with Gasteiger partial charge in [0.25, 0.3) is 5.69 Å². The van der Waals surface area contributed by atoms with Gasteiger partial charge in [-0.3, -0.25) is 10.1 Å². The van der Waals surface area contributed by atoms with Crippen molar-refractivity contribution in [3.05, 3.63) is 57.6 Å². The number of hydrogen-bond acceptors (Lipinski definition) is 6. The first-order valence-electron chi connectivity index (χ1n) is 6.85. The van der Waals surface area contributed by atoms with E-state index in [1.165, 1.54) is 18.2 Å². The van der Waals surface area contributed by atoms with E-state index in [2.05, 4.69) is 5.32 Å². The van der Waals surface area contributed by atoms with Crippen LogP contribution in [-0.2, 0) is 0 Å². The second kappa shape index (κ2) is 7.24. The lowest BCUT2D eigenvalue weighted by Crippen LogP contribution is -2.03. The summed E-state index contributed by atoms with van der Waals surface area (Å²) in [5.41, 5.74) is 1.86. The molecule has 0 amide bonds. The highest BCUT2D eigenvalue weighted by Gasteiger charge is 2.15. The smallest absolute Gasteiger partial charge is 0.293 e. The molecule has 0 aromatic heterocycles. The van der Waals surface area contributed by atoms with Crippen molar-refractivity contribution in [2.45, 2.75) is 6.92 Å². The highest BCUT2D eigenvalue weighted by Crippen LogP contribution is 2.30. The van der Waals surface area contributed by atoms with E-state index in [0.717, 1.165) is 5.56 Å². The van der Waals surface area contributed by atoms with Gasteiger partial charge in [-0.25, -0.2) is 0 Å². The first kappa shape index (κ1) is 16.3. The molecule has 0 fully saturated rings. The minimum atomic E-state index is -0.533. The molecule has 0 saturated heterocycles. The van der Waals surface area contributed by atoms with Gasteiger partial charge in [0.15, 0.2) is 0 Å². The van der Waals surface area contributed by atoms with Crippen LogP contribution in [0, 0.1) is 28.4 Å². The zero-order valence-corrected chi connectivity index (χ0v) is 12.4. The van der Waals surface area contributed by atoms with E-state index in [9.17, 15) is 10.1 Å². The minimum Gasteiger partial charge on any atom is -0.491 e. The summed E-state index contributed by atoms with van der Waals surface area (Å²) in [5.74, 6) is 0.638. The number of hydrogen-bond donors (Lipinski definition) is 2. The quantitative estimate of drug-likeness (QED) is 0.627. The Morgan fingerprint density at radius 3 is 2.74 bits per heavy atom. The Morgan fingerprint density at radius 1 is 1.35 bits per heavy atom. The Labute approximate surface area is 132 Å². The third-order valence-corrected chi connectivity index (χ3v) is 3.13. The number of aryl methyl sites for hydroxylation is 1. The van der Waals surface area contributed by atoms with Gasteiger partial charge in [0, 0.05) is 11.8 Å². The van der Waals surface area contributed by atoms with Crippen LogP contribution in [0.15, 0.2) is 36.4 Å². The van der Waals surface area contributed by atoms with E-state index in [4.69, 9.17) is 15.1 Å². The summed E-state index contributed by atoms with van der Waals surface area (Å²) in [6.07, 6.45) is 0. The van der Waals surface area contributed by atoms with Gasteiger partial charge in [0.2, 0.25) is 0 Å². The maximum Gasteiger partial charge on any atom is 0.293 e. The molecule has 0 spiro atoms. The number of anilines is 2. The molecule has 7 nitrogen and oxygen atoms in total. The van der Waals surface area contributed by atoms with Gasteiger partial charge < -0.3 is 15.2 Å². The first-order valence-corrected chi connectivity index (χ1v) is 6.85. The molecule has 0 saturated carbocycles. The lowest BCUT2D eigenvalue weighted by Gasteiger charge is -2.11. The van der Waals surface area contributed by atoms with Crippen molar-refractivity contribution in [3.63, 3.8) is 0 Å². The van der Waals surface area contributed by atoms with E-state index in [1.54, 1.807) is 18.2 Å². The lowest BCUT2D eigenvalue weighted by atomic mass is 10.1. The van der Waals surface area contributed by atoms with Crippen molar-refractivity contribution in [2.24, 2.45) is 0 Å². The van der Waals surface area contributed by atoms with Crippen LogP contribution in [0.2, 0.25) is 0 Å². The molecular formula is C16H15N3O4. The fourth-order valence-corrected chi connectivity index (χ4v) is 2.06. The summed E-state index contributed by atoms with van der Waals surface area (Å²) in [4.78, 5) is 10.6. The van der Waals surface area contributed by atoms with Gasteiger partial charge in [0.1, 0.15) is 18.0 Å². The zero-order chi connectivity index (χ0) is 16.8. The van der Waals surface area contributed by atoms with E-state index in [1.807, 2.05) is 13.0 Å². The number of nitrogens with one attached hydrogen (secondary N) is 1. The highest BCUT2D eigenvalue weighted by atomic mass is 16.6. The number of nitro groups is 1. The summed E-state index contributed by atoms with van der Waals surface area (Å²) in [5, 5.41) is 31.7. The molecule has 2 aromatic carbocycles. The van der Waals surface area contributed by atoms with Gasteiger partial charge in [0.05, 0.1) is 23.2 Å². The maximum absolute atomic E-state index is 11.1. The van der Waals surface area contributed by atoms with E-state index in [-0.39, 0.29) is 24.5 Å². The molecule has 0 atom stereocenters. The summed E-state index contributed by atoms with van der Waals surface area (Å²) < 4.78 is 5.36. The average molecular weight is 313 g/mol. The Hall–Kier alpha value is -3.11. The van der Waals surface area contributed by atoms with E-state index >= 15 is 0 Å². The van der Waals surface area contributed by atoms with E-state index < -0.39 is 4.92 Å². The van der Waals surface area contributed by atoms with Crippen LogP contribution in [0.1, 0.15) is 11.1 Å². The van der Waals surface area contributed by atoms with Crippen molar-refractivity contribution >= 4 is 17.1 Å². The number of aliphatic hydroxyl groups excluding tert-OH is 1. The number of nitrogens with zero attached hydrogens (tertiary/aromatic N) is 2. The van der Waals surface area contributed by atoms with Gasteiger partial charge in [-0.05, 0) is 42.8 Å². The molecule has 23 heavy (non-hydrogen) atoms. The van der Waals surface area contributed by atoms with Crippen molar-refractivity contribution in [1.29, 1.82) is 5.26 Å². The Morgan fingerprint density at radius 2 is 2.13 bits per heavy atom. The normalized spacial score (nSPS) is 9.96. The SMILES string of the molecule is Cc1cc(Nc2ccc(C#N)cc2[N+](=O)[O-])ccc1OCCO. The second-order valence-corrected chi connectivity index (χ2v) is 4.78. The van der Waals surface area contributed by atoms with Crippen LogP contribution in [0.25, 0.3) is 0 Å². The molecule has 0 bridgehead atoms. The largest absolute Gasteiger partial charge is 0.491 e. The Kier molecular flexibility index (Phi) is 5.12. The molecule has 118 valence electrons. The van der Waals surface area contributed by atoms with Gasteiger partial charge in [-0.2, -0.15) is 5.26 Å². The summed E-state index contributed by atoms with van der Waals surface area (Å²) in [7, 11) is 0. The van der Waals surface area contributed by atoms with Crippen molar-refractivity contribution in [2.75, 3.05) is 18.5 Å². The molecule has 2 rings (SSSR count). The van der Waals surface area contributed by atoms with Crippen LogP contribution < -0.4 is 10.1 Å². The Bertz CT molecular complexity index is 768. The fourth-order valence-electron chi connectivity index (χ4n) is 2.06. The molecule has 0 unspecified atom stereocenters. The molecule has 0 aliphatic carbocycles. The molecule has 0 aliphatic heterocycles. The number of nitro benzene ring substituents is 1. The number of aliphatic hydroxyl groups is 1. The zero-order valence-electron chi connectivity index (χ0n) is 12.4. The molecule has 2 aromatic rings. The van der Waals surface area contributed by atoms with Crippen LogP contribution in [0.3, 0.4) is 0 Å². The highest BCUT2D eigenvalue weighted by molar-refractivity contribution is 5.71. The molecule has 7 heteroatoms. The predicted octanol–water partition coefficient (Wildman–Crippen LogP) is 2.89. The topological polar surface area (TPSA) is 108 Å². The van der Waals surface area contributed by atoms with Crippen LogP contribution in [-0.4, -0.2) is 23.2 Å². The molecule has 0 aliphatic rings. The predicted molar refractivity (Wildman–Crippen MR) is 84.9 cm³/mol. The maximum atomic E-state index is 11.1. The van der Waals surface area contributed by atoms with Crippen LogP contribution >= 0.6 is 0 Å². The standard InChI is InChI=1S/C16H15N3O4/c1-11-8-13(3-5-16(11)23-7-6-20)18-14-4-2-12(10-17)9-15(14)19(21)22/h2-5,8-9,18,20H,6-7H2,1H3. The second-order valence-electron chi connectivity index (χ2n) is 4.78. The summed E-state index contributed by atoms with van der Waals surface area (Å²) >= 11 is 0. The van der Waals surface area contributed by atoms with Gasteiger partial charge >= 0.3 is 0 Å². The van der Waals surface area contributed by atoms with Gasteiger partial charge in [-0.15, -0.1) is 0 Å². The van der Waals surface area contributed by atoms with Gasteiger partial charge in [-0.1, -0.05) is 0 Å². The van der Waals surface area contributed by atoms with Crippen molar-refractivity contribution in [1.82, 2.24) is 0 Å². The molecule has 2 N–H and O–H groups in total. The third-order valence-electron chi connectivity index (χ3n) is 3.13. The number of nitriles is 1. The van der Waals surface area contributed by atoms with Crippen molar-refractivity contribution < 1.29 is 14.8 Å². The van der Waals surface area contributed by atoms with Crippen molar-refractivity contribution in [3.8, 4) is 11.8 Å². The number of rotatable bonds is 6. The summed E-state index contributed by atoms with van der Waals surface area (Å²) in [6.45, 7) is 1.97. The average Bonchev–Trinajstić information content (AvgIpc) is 2.54. The number of benzene rings is 2. The monoisotopic (exact) mass is 313 g/mol. The fraction of sp³-hybridized carbons (Fsp3) is 0.188. The Balaban J connectivity index is 2.27. The molecule has 0 heterocycles. The van der Waals surface area contributed by atoms with Crippen LogP contribution in [0.5, 0.6) is 5.75 Å². The van der Waals surface area contributed by atoms with E-state index in [0.29, 0.717) is 17.1 Å². The third kappa shape index (κ3) is 3.96. The van der Waals surface area contributed by atoms with Crippen LogP contribution in [0.4, 0.5) is 17.1 Å². The summed E-state index contributed by atoms with van der Waals surface area (Å²) in [6, 6.07) is 11.4. The molecular weight excluding hydrogens is 298 g/mol. The first-order chi connectivity index (χ1) is 11.0. The minimum absolute atomic E-state index is 0.0725. The lowest BCUT2D eigenvalue weighted by molar-refractivity contribution is -0.383. The molecule has 0 radical (unpaired) electrons. The number of ether oxygens (including phenoxy) is 1.